The molecule has 1 atom stereocenters. The Kier molecular flexibility index (Phi) is 7.66. The largest absolute Gasteiger partial charge is 0.382 e. The Balaban J connectivity index is 1.26. The SMILES string of the molecule is C[C@H]1CN(Cc2ccc(CC(=O)N3CCC(Nc4cccc(F)c4)CC3)cc2Cl)CCN1. The molecule has 0 radical (unpaired) electrons. The second-order valence-electron chi connectivity index (χ2n) is 9.00. The lowest BCUT2D eigenvalue weighted by molar-refractivity contribution is -0.131. The first kappa shape index (κ1) is 23.0. The molecule has 0 aliphatic carbocycles. The summed E-state index contributed by atoms with van der Waals surface area (Å²) in [7, 11) is 0. The van der Waals surface area contributed by atoms with Gasteiger partial charge in [0.15, 0.2) is 0 Å². The first-order valence-electron chi connectivity index (χ1n) is 11.5. The zero-order valence-electron chi connectivity index (χ0n) is 18.6. The van der Waals surface area contributed by atoms with Gasteiger partial charge >= 0.3 is 0 Å². The predicted molar refractivity (Wildman–Crippen MR) is 128 cm³/mol. The molecule has 2 aliphatic heterocycles. The van der Waals surface area contributed by atoms with Gasteiger partial charge < -0.3 is 15.5 Å². The highest BCUT2D eigenvalue weighted by molar-refractivity contribution is 6.31. The van der Waals surface area contributed by atoms with Gasteiger partial charge in [-0.25, -0.2) is 4.39 Å². The average molecular weight is 459 g/mol. The van der Waals surface area contributed by atoms with Crippen molar-refractivity contribution in [3.63, 3.8) is 0 Å². The molecule has 0 unspecified atom stereocenters. The van der Waals surface area contributed by atoms with Crippen LogP contribution >= 0.6 is 11.6 Å². The highest BCUT2D eigenvalue weighted by Gasteiger charge is 2.23. The maximum Gasteiger partial charge on any atom is 0.226 e. The summed E-state index contributed by atoms with van der Waals surface area (Å²) in [5.41, 5.74) is 2.86. The van der Waals surface area contributed by atoms with Crippen LogP contribution in [0.1, 0.15) is 30.9 Å². The molecule has 172 valence electrons. The van der Waals surface area contributed by atoms with Crippen LogP contribution < -0.4 is 10.6 Å². The molecule has 0 saturated carbocycles. The van der Waals surface area contributed by atoms with Gasteiger partial charge in [-0.3, -0.25) is 9.69 Å². The van der Waals surface area contributed by atoms with Crippen molar-refractivity contribution in [3.8, 4) is 0 Å². The Morgan fingerprint density at radius 2 is 2.00 bits per heavy atom. The van der Waals surface area contributed by atoms with Gasteiger partial charge in [-0.2, -0.15) is 0 Å². The monoisotopic (exact) mass is 458 g/mol. The van der Waals surface area contributed by atoms with Gasteiger partial charge in [0.1, 0.15) is 5.82 Å². The van der Waals surface area contributed by atoms with E-state index in [1.54, 1.807) is 6.07 Å². The van der Waals surface area contributed by atoms with Gasteiger partial charge in [0.25, 0.3) is 0 Å². The zero-order valence-corrected chi connectivity index (χ0v) is 19.4. The van der Waals surface area contributed by atoms with Crippen LogP contribution in [0.3, 0.4) is 0 Å². The van der Waals surface area contributed by atoms with E-state index < -0.39 is 0 Å². The number of halogens is 2. The van der Waals surface area contributed by atoms with Crippen LogP contribution in [-0.4, -0.2) is 60.5 Å². The van der Waals surface area contributed by atoms with E-state index in [2.05, 4.69) is 28.5 Å². The van der Waals surface area contributed by atoms with Crippen molar-refractivity contribution in [2.24, 2.45) is 0 Å². The minimum absolute atomic E-state index is 0.133. The molecule has 0 spiro atoms. The number of carbonyl (C=O) groups is 1. The number of hydrogen-bond acceptors (Lipinski definition) is 4. The van der Waals surface area contributed by atoms with Crippen LogP contribution in [0.5, 0.6) is 0 Å². The molecule has 5 nitrogen and oxygen atoms in total. The average Bonchev–Trinajstić information content (AvgIpc) is 2.76. The molecule has 0 bridgehead atoms. The molecule has 2 saturated heterocycles. The fourth-order valence-corrected chi connectivity index (χ4v) is 4.86. The van der Waals surface area contributed by atoms with E-state index in [4.69, 9.17) is 11.6 Å². The van der Waals surface area contributed by atoms with Crippen molar-refractivity contribution < 1.29 is 9.18 Å². The normalized spacial score (nSPS) is 20.3. The Labute approximate surface area is 194 Å². The molecule has 2 heterocycles. The Morgan fingerprint density at radius 1 is 1.19 bits per heavy atom. The second kappa shape index (κ2) is 10.6. The number of piperazine rings is 1. The van der Waals surface area contributed by atoms with Gasteiger partial charge in [0, 0.05) is 62.1 Å². The topological polar surface area (TPSA) is 47.6 Å². The summed E-state index contributed by atoms with van der Waals surface area (Å²) >= 11 is 6.56. The van der Waals surface area contributed by atoms with Gasteiger partial charge in [-0.1, -0.05) is 29.8 Å². The predicted octanol–water partition coefficient (Wildman–Crippen LogP) is 3.92. The van der Waals surface area contributed by atoms with Gasteiger partial charge in [0.2, 0.25) is 5.91 Å². The maximum atomic E-state index is 13.4. The van der Waals surface area contributed by atoms with Crippen molar-refractivity contribution in [1.82, 2.24) is 15.1 Å². The van der Waals surface area contributed by atoms with Crippen LogP contribution in [0.15, 0.2) is 42.5 Å². The smallest absolute Gasteiger partial charge is 0.226 e. The maximum absolute atomic E-state index is 13.4. The van der Waals surface area contributed by atoms with Crippen LogP contribution in [0.25, 0.3) is 0 Å². The lowest BCUT2D eigenvalue weighted by Gasteiger charge is -2.33. The van der Waals surface area contributed by atoms with E-state index in [1.165, 1.54) is 12.1 Å². The molecule has 1 amide bonds. The van der Waals surface area contributed by atoms with Gasteiger partial charge in [-0.05, 0) is 55.2 Å². The summed E-state index contributed by atoms with van der Waals surface area (Å²) < 4.78 is 13.4. The molecule has 2 aromatic carbocycles. The fourth-order valence-electron chi connectivity index (χ4n) is 4.60. The second-order valence-corrected chi connectivity index (χ2v) is 9.41. The summed E-state index contributed by atoms with van der Waals surface area (Å²) in [4.78, 5) is 17.2. The Bertz CT molecular complexity index is 932. The first-order valence-corrected chi connectivity index (χ1v) is 11.9. The van der Waals surface area contributed by atoms with Crippen LogP contribution in [-0.2, 0) is 17.8 Å². The number of nitrogens with one attached hydrogen (secondary N) is 2. The number of anilines is 1. The summed E-state index contributed by atoms with van der Waals surface area (Å²) in [5.74, 6) is -0.108. The van der Waals surface area contributed by atoms with Crippen molar-refractivity contribution in [3.05, 3.63) is 64.4 Å². The molecule has 32 heavy (non-hydrogen) atoms. The molecule has 2 N–H and O–H groups in total. The third kappa shape index (κ3) is 6.21. The van der Waals surface area contributed by atoms with E-state index in [9.17, 15) is 9.18 Å². The quantitative estimate of drug-likeness (QED) is 0.688. The number of hydrogen-bond donors (Lipinski definition) is 2. The van der Waals surface area contributed by atoms with E-state index >= 15 is 0 Å². The molecule has 2 aliphatic rings. The van der Waals surface area contributed by atoms with Gasteiger partial charge in [-0.15, -0.1) is 0 Å². The van der Waals surface area contributed by atoms with E-state index in [-0.39, 0.29) is 17.8 Å². The van der Waals surface area contributed by atoms with Crippen molar-refractivity contribution in [1.29, 1.82) is 0 Å². The molecule has 7 heteroatoms. The summed E-state index contributed by atoms with van der Waals surface area (Å²) in [5, 5.41) is 7.57. The standard InChI is InChI=1S/C25H32ClFN4O/c1-18-16-30(12-9-28-18)17-20-6-5-19(13-24(20)26)14-25(32)31-10-7-22(8-11-31)29-23-4-2-3-21(27)15-23/h2-6,13,15,18,22,28-29H,7-12,14,16-17H2,1H3/t18-/m0/s1. The fraction of sp³-hybridized carbons (Fsp3) is 0.480. The van der Waals surface area contributed by atoms with E-state index in [0.717, 1.165) is 60.9 Å². The molecule has 2 fully saturated rings. The van der Waals surface area contributed by atoms with Crippen LogP contribution in [0, 0.1) is 5.82 Å². The summed E-state index contributed by atoms with van der Waals surface area (Å²) in [6, 6.07) is 13.3. The number of likely N-dealkylation sites (tertiary alicyclic amines) is 1. The lowest BCUT2D eigenvalue weighted by atomic mass is 10.0. The van der Waals surface area contributed by atoms with Crippen molar-refractivity contribution in [2.75, 3.05) is 38.0 Å². The van der Waals surface area contributed by atoms with E-state index in [0.29, 0.717) is 25.6 Å². The zero-order chi connectivity index (χ0) is 22.5. The number of amides is 1. The van der Waals surface area contributed by atoms with Crippen LogP contribution in [0.2, 0.25) is 5.02 Å². The lowest BCUT2D eigenvalue weighted by Crippen LogP contribution is -2.48. The number of nitrogens with zero attached hydrogens (tertiary/aromatic N) is 2. The van der Waals surface area contributed by atoms with Crippen molar-refractivity contribution >= 4 is 23.2 Å². The summed E-state index contributed by atoms with van der Waals surface area (Å²) in [6.07, 6.45) is 2.07. The van der Waals surface area contributed by atoms with Gasteiger partial charge in [0.05, 0.1) is 6.42 Å². The minimum atomic E-state index is -0.241. The molecule has 4 rings (SSSR count). The third-order valence-corrected chi connectivity index (χ3v) is 6.71. The number of benzene rings is 2. The Morgan fingerprint density at radius 3 is 2.72 bits per heavy atom. The Hall–Kier alpha value is -2.15. The molecule has 2 aromatic rings. The number of piperidine rings is 1. The number of rotatable bonds is 6. The van der Waals surface area contributed by atoms with Crippen LogP contribution in [0.4, 0.5) is 10.1 Å². The molecule has 0 aromatic heterocycles. The molecular weight excluding hydrogens is 427 g/mol. The highest BCUT2D eigenvalue weighted by atomic mass is 35.5. The van der Waals surface area contributed by atoms with E-state index in [1.807, 2.05) is 23.1 Å². The third-order valence-electron chi connectivity index (χ3n) is 6.36. The minimum Gasteiger partial charge on any atom is -0.382 e. The first-order chi connectivity index (χ1) is 15.5. The summed E-state index contributed by atoms with van der Waals surface area (Å²) in [6.45, 7) is 7.48. The number of carbonyl (C=O) groups excluding carboxylic acids is 1. The van der Waals surface area contributed by atoms with Crippen molar-refractivity contribution in [2.45, 2.75) is 44.8 Å². The molecular formula is C25H32ClFN4O. The highest BCUT2D eigenvalue weighted by Crippen LogP contribution is 2.22.